The van der Waals surface area contributed by atoms with Gasteiger partial charge in [-0.05, 0) is 19.1 Å². The van der Waals surface area contributed by atoms with E-state index in [1.807, 2.05) is 0 Å². The number of hydrogen-bond donors (Lipinski definition) is 1. The lowest BCUT2D eigenvalue weighted by Crippen LogP contribution is -2.34. The third kappa shape index (κ3) is 3.91. The van der Waals surface area contributed by atoms with E-state index in [2.05, 4.69) is 9.50 Å². The zero-order chi connectivity index (χ0) is 18.1. The predicted molar refractivity (Wildman–Crippen MR) is 74.7 cm³/mol. The Bertz CT molecular complexity index is 787. The van der Waals surface area contributed by atoms with Crippen LogP contribution in [0.2, 0.25) is 0 Å². The highest BCUT2D eigenvalue weighted by atomic mass is 32.2. The first-order chi connectivity index (χ1) is 11.0. The Morgan fingerprint density at radius 1 is 1.29 bits per heavy atom. The molecule has 1 atom stereocenters. The van der Waals surface area contributed by atoms with Crippen LogP contribution < -0.4 is 19.0 Å². The Morgan fingerprint density at radius 2 is 1.96 bits per heavy atom. The van der Waals surface area contributed by atoms with Crippen molar-refractivity contribution in [2.45, 2.75) is 25.4 Å². The number of hydrogen-bond acceptors (Lipinski definition) is 6. The van der Waals surface area contributed by atoms with Gasteiger partial charge < -0.3 is 19.0 Å². The van der Waals surface area contributed by atoms with E-state index in [0.717, 1.165) is 12.1 Å². The maximum Gasteiger partial charge on any atom is 0.534 e. The molecule has 0 fully saturated rings. The molecule has 1 N–H and O–H groups in total. The number of carbonyl (C=O) groups excluding carboxylic acids is 1. The second-order valence-corrected chi connectivity index (χ2v) is 6.29. The van der Waals surface area contributed by atoms with Gasteiger partial charge in [0.2, 0.25) is 5.91 Å². The fraction of sp³-hybridized carbons (Fsp3) is 0.308. The number of halogens is 3. The summed E-state index contributed by atoms with van der Waals surface area (Å²) >= 11 is 0. The van der Waals surface area contributed by atoms with Crippen LogP contribution in [-0.4, -0.2) is 25.9 Å². The lowest BCUT2D eigenvalue weighted by atomic mass is 10.2. The Kier molecular flexibility index (Phi) is 4.65. The van der Waals surface area contributed by atoms with Crippen molar-refractivity contribution in [3.05, 3.63) is 30.2 Å². The molecule has 1 amide bonds. The molecule has 0 saturated heterocycles. The van der Waals surface area contributed by atoms with Crippen molar-refractivity contribution in [2.24, 2.45) is 0 Å². The average molecular weight is 367 g/mol. The van der Waals surface area contributed by atoms with E-state index < -0.39 is 27.4 Å². The largest absolute Gasteiger partial charge is 0.534 e. The normalized spacial score (nSPS) is 15.3. The van der Waals surface area contributed by atoms with E-state index in [0.29, 0.717) is 0 Å². The molecule has 1 aliphatic rings. The van der Waals surface area contributed by atoms with E-state index in [1.165, 1.54) is 19.3 Å². The summed E-state index contributed by atoms with van der Waals surface area (Å²) in [5.41, 5.74) is -5.55. The highest BCUT2D eigenvalue weighted by Gasteiger charge is 2.48. The van der Waals surface area contributed by atoms with Gasteiger partial charge >= 0.3 is 15.6 Å². The van der Waals surface area contributed by atoms with Crippen LogP contribution in [0.4, 0.5) is 13.2 Å². The maximum atomic E-state index is 12.3. The topological polar surface area (TPSA) is 90.9 Å². The zero-order valence-corrected chi connectivity index (χ0v) is 13.2. The van der Waals surface area contributed by atoms with Crippen molar-refractivity contribution in [2.75, 3.05) is 0 Å². The monoisotopic (exact) mass is 367 g/mol. The molecule has 24 heavy (non-hydrogen) atoms. The van der Waals surface area contributed by atoms with E-state index in [-0.39, 0.29) is 23.2 Å². The summed E-state index contributed by atoms with van der Waals surface area (Å²) < 4.78 is 73.6. The van der Waals surface area contributed by atoms with Gasteiger partial charge in [0.05, 0.1) is 6.04 Å². The van der Waals surface area contributed by atoms with Gasteiger partial charge in [-0.25, -0.2) is 0 Å². The molecule has 0 aliphatic carbocycles. The lowest BCUT2D eigenvalue weighted by Gasteiger charge is -2.23. The Balaban J connectivity index is 2.20. The van der Waals surface area contributed by atoms with Gasteiger partial charge in [0.15, 0.2) is 17.3 Å². The quantitative estimate of drug-likeness (QED) is 0.647. The molecule has 0 radical (unpaired) electrons. The first-order valence-corrected chi connectivity index (χ1v) is 7.87. The second-order valence-electron chi connectivity index (χ2n) is 4.75. The molecule has 0 bridgehead atoms. The molecule has 1 aliphatic heterocycles. The van der Waals surface area contributed by atoms with Crippen molar-refractivity contribution in [3.8, 4) is 17.2 Å². The van der Waals surface area contributed by atoms with Crippen LogP contribution in [0.1, 0.15) is 13.8 Å². The number of amides is 1. The molecular weight excluding hydrogens is 355 g/mol. The van der Waals surface area contributed by atoms with Crippen LogP contribution >= 0.6 is 0 Å². The van der Waals surface area contributed by atoms with Gasteiger partial charge in [0, 0.05) is 13.0 Å². The van der Waals surface area contributed by atoms with Gasteiger partial charge in [-0.2, -0.15) is 21.6 Å². The SMILES string of the molecule is CC(=O)NC(C)C1=COc2ccc(OS(=O)(=O)C(F)(F)F)cc2O1. The fourth-order valence-corrected chi connectivity index (χ4v) is 2.18. The summed E-state index contributed by atoms with van der Waals surface area (Å²) in [6.07, 6.45) is 1.22. The molecule has 1 heterocycles. The fourth-order valence-electron chi connectivity index (χ4n) is 1.73. The summed E-state index contributed by atoms with van der Waals surface area (Å²) in [5.74, 6) is -0.659. The number of rotatable bonds is 4. The number of fused-ring (bicyclic) bond motifs is 1. The Morgan fingerprint density at radius 3 is 2.54 bits per heavy atom. The molecule has 132 valence electrons. The van der Waals surface area contributed by atoms with E-state index >= 15 is 0 Å². The molecular formula is C13H12F3NO6S. The predicted octanol–water partition coefficient (Wildman–Crippen LogP) is 2.05. The van der Waals surface area contributed by atoms with Gasteiger partial charge in [0.25, 0.3) is 0 Å². The van der Waals surface area contributed by atoms with Crippen LogP contribution in [0.5, 0.6) is 17.2 Å². The molecule has 2 rings (SSSR count). The summed E-state index contributed by atoms with van der Waals surface area (Å²) in [7, 11) is -5.79. The van der Waals surface area contributed by atoms with Crippen molar-refractivity contribution in [1.29, 1.82) is 0 Å². The summed E-state index contributed by atoms with van der Waals surface area (Å²) in [4.78, 5) is 11.0. The van der Waals surface area contributed by atoms with Crippen molar-refractivity contribution < 1.29 is 40.0 Å². The summed E-state index contributed by atoms with van der Waals surface area (Å²) in [6.45, 7) is 2.89. The number of ether oxygens (including phenoxy) is 2. The molecule has 1 aromatic carbocycles. The Labute approximate surface area is 135 Å². The minimum atomic E-state index is -5.79. The lowest BCUT2D eigenvalue weighted by molar-refractivity contribution is -0.119. The van der Waals surface area contributed by atoms with Crippen molar-refractivity contribution >= 4 is 16.0 Å². The second kappa shape index (κ2) is 6.23. The first kappa shape index (κ1) is 17.9. The minimum Gasteiger partial charge on any atom is -0.457 e. The number of carbonyl (C=O) groups is 1. The third-order valence-corrected chi connectivity index (χ3v) is 3.76. The van der Waals surface area contributed by atoms with Crippen LogP contribution in [0, 0.1) is 0 Å². The third-order valence-electron chi connectivity index (χ3n) is 2.78. The van der Waals surface area contributed by atoms with Crippen LogP contribution in [0.3, 0.4) is 0 Å². The highest BCUT2D eigenvalue weighted by Crippen LogP contribution is 2.37. The molecule has 7 nitrogen and oxygen atoms in total. The van der Waals surface area contributed by atoms with E-state index in [4.69, 9.17) is 9.47 Å². The van der Waals surface area contributed by atoms with Gasteiger partial charge in [0.1, 0.15) is 12.0 Å². The Hall–Kier alpha value is -2.43. The first-order valence-electron chi connectivity index (χ1n) is 6.46. The average Bonchev–Trinajstić information content (AvgIpc) is 2.44. The van der Waals surface area contributed by atoms with Crippen molar-refractivity contribution in [1.82, 2.24) is 5.32 Å². The van der Waals surface area contributed by atoms with Crippen LogP contribution in [-0.2, 0) is 14.9 Å². The molecule has 0 saturated carbocycles. The van der Waals surface area contributed by atoms with Crippen molar-refractivity contribution in [3.63, 3.8) is 0 Å². The van der Waals surface area contributed by atoms with Crippen LogP contribution in [0.25, 0.3) is 0 Å². The molecule has 1 unspecified atom stereocenters. The smallest absolute Gasteiger partial charge is 0.457 e. The van der Waals surface area contributed by atoms with Gasteiger partial charge in [-0.3, -0.25) is 4.79 Å². The highest BCUT2D eigenvalue weighted by molar-refractivity contribution is 7.88. The molecule has 0 spiro atoms. The van der Waals surface area contributed by atoms with Crippen LogP contribution in [0.15, 0.2) is 30.2 Å². The summed E-state index contributed by atoms with van der Waals surface area (Å²) in [6, 6.07) is 2.54. The number of benzene rings is 1. The standard InChI is InChI=1S/C13H12F3NO6S/c1-7(17-8(2)18)12-6-21-10-4-3-9(5-11(10)22-12)23-24(19,20)13(14,15)16/h3-7H,1-2H3,(H,17,18). The van der Waals surface area contributed by atoms with E-state index in [1.54, 1.807) is 6.92 Å². The molecule has 0 aromatic heterocycles. The van der Waals surface area contributed by atoms with Gasteiger partial charge in [-0.1, -0.05) is 0 Å². The molecule has 11 heteroatoms. The number of nitrogens with one attached hydrogen (secondary N) is 1. The minimum absolute atomic E-state index is 0.0559. The van der Waals surface area contributed by atoms with E-state index in [9.17, 15) is 26.4 Å². The van der Waals surface area contributed by atoms with Gasteiger partial charge in [-0.15, -0.1) is 0 Å². The summed E-state index contributed by atoms with van der Waals surface area (Å²) in [5, 5.41) is 2.53. The maximum absolute atomic E-state index is 12.3. The zero-order valence-electron chi connectivity index (χ0n) is 12.4. The molecule has 1 aromatic rings. The number of alkyl halides is 3.